The van der Waals surface area contributed by atoms with Gasteiger partial charge in [0, 0.05) is 58.0 Å². The van der Waals surface area contributed by atoms with E-state index in [-0.39, 0.29) is 5.91 Å². The molecule has 27 heavy (non-hydrogen) atoms. The van der Waals surface area contributed by atoms with Crippen molar-refractivity contribution in [2.24, 2.45) is 0 Å². The van der Waals surface area contributed by atoms with Crippen molar-refractivity contribution in [3.63, 3.8) is 0 Å². The van der Waals surface area contributed by atoms with Gasteiger partial charge in [-0.15, -0.1) is 0 Å². The molecule has 0 atom stereocenters. The van der Waals surface area contributed by atoms with Crippen LogP contribution in [0.25, 0.3) is 11.6 Å². The lowest BCUT2D eigenvalue weighted by Gasteiger charge is -2.34. The lowest BCUT2D eigenvalue weighted by atomic mass is 10.2. The van der Waals surface area contributed by atoms with Crippen LogP contribution in [-0.2, 0) is 17.8 Å². The third-order valence-corrected chi connectivity index (χ3v) is 4.62. The van der Waals surface area contributed by atoms with Crippen LogP contribution < -0.4 is 0 Å². The monoisotopic (exact) mass is 367 g/mol. The molecule has 4 heterocycles. The van der Waals surface area contributed by atoms with E-state index < -0.39 is 0 Å². The molecule has 3 aromatic heterocycles. The Labute approximate surface area is 156 Å². The van der Waals surface area contributed by atoms with E-state index in [2.05, 4.69) is 26.1 Å². The van der Waals surface area contributed by atoms with Crippen molar-refractivity contribution < 1.29 is 13.7 Å². The second-order valence-electron chi connectivity index (χ2n) is 6.51. The fourth-order valence-electron chi connectivity index (χ4n) is 3.14. The molecule has 8 nitrogen and oxygen atoms in total. The van der Waals surface area contributed by atoms with Gasteiger partial charge >= 0.3 is 0 Å². The topological polar surface area (TPSA) is 88.5 Å². The molecule has 140 valence electrons. The van der Waals surface area contributed by atoms with E-state index in [0.717, 1.165) is 32.7 Å². The molecule has 8 heteroatoms. The predicted molar refractivity (Wildman–Crippen MR) is 96.4 cm³/mol. The molecule has 0 radical (unpaired) electrons. The number of rotatable bonds is 6. The Balaban J connectivity index is 1.23. The maximum atomic E-state index is 12.5. The van der Waals surface area contributed by atoms with E-state index in [1.807, 2.05) is 17.2 Å². The average molecular weight is 367 g/mol. The van der Waals surface area contributed by atoms with Gasteiger partial charge in [0.2, 0.25) is 17.6 Å². The van der Waals surface area contributed by atoms with E-state index in [9.17, 15) is 4.79 Å². The minimum absolute atomic E-state index is 0.119. The first-order valence-electron chi connectivity index (χ1n) is 9.03. The van der Waals surface area contributed by atoms with Crippen LogP contribution in [0.2, 0.25) is 0 Å². The van der Waals surface area contributed by atoms with Crippen LogP contribution in [0.3, 0.4) is 0 Å². The molecule has 0 bridgehead atoms. The number of carbonyl (C=O) groups is 1. The average Bonchev–Trinajstić information content (AvgIpc) is 3.39. The Morgan fingerprint density at radius 2 is 2.04 bits per heavy atom. The van der Waals surface area contributed by atoms with Crippen LogP contribution in [0.4, 0.5) is 0 Å². The Kier molecular flexibility index (Phi) is 5.24. The Bertz CT molecular complexity index is 855. The van der Waals surface area contributed by atoms with Gasteiger partial charge in [-0.2, -0.15) is 4.98 Å². The highest BCUT2D eigenvalue weighted by molar-refractivity contribution is 5.76. The number of piperazine rings is 1. The number of hydrogen-bond acceptors (Lipinski definition) is 7. The van der Waals surface area contributed by atoms with E-state index in [1.165, 1.54) is 5.56 Å². The fraction of sp³-hybridized carbons (Fsp3) is 0.368. The van der Waals surface area contributed by atoms with Crippen LogP contribution >= 0.6 is 0 Å². The summed E-state index contributed by atoms with van der Waals surface area (Å²) in [6, 6.07) is 7.56. The lowest BCUT2D eigenvalue weighted by Crippen LogP contribution is -2.48. The van der Waals surface area contributed by atoms with Crippen molar-refractivity contribution in [1.82, 2.24) is 24.9 Å². The zero-order valence-electron chi connectivity index (χ0n) is 15.0. The molecule has 0 spiro atoms. The summed E-state index contributed by atoms with van der Waals surface area (Å²) in [4.78, 5) is 25.1. The molecule has 3 aromatic rings. The number of aryl methyl sites for hydroxylation is 1. The molecular weight excluding hydrogens is 346 g/mol. The Morgan fingerprint density at radius 3 is 2.78 bits per heavy atom. The van der Waals surface area contributed by atoms with Gasteiger partial charge in [0.15, 0.2) is 5.76 Å². The van der Waals surface area contributed by atoms with Gasteiger partial charge < -0.3 is 13.8 Å². The molecule has 0 aromatic carbocycles. The summed E-state index contributed by atoms with van der Waals surface area (Å²) in [5.74, 6) is 1.53. The normalized spacial score (nSPS) is 15.2. The minimum Gasteiger partial charge on any atom is -0.461 e. The second-order valence-corrected chi connectivity index (χ2v) is 6.51. The zero-order valence-corrected chi connectivity index (χ0v) is 15.0. The minimum atomic E-state index is 0.119. The number of hydrogen-bond donors (Lipinski definition) is 0. The van der Waals surface area contributed by atoms with Crippen LogP contribution in [0.5, 0.6) is 0 Å². The van der Waals surface area contributed by atoms with Crippen LogP contribution in [-0.4, -0.2) is 57.0 Å². The number of pyridine rings is 1. The summed E-state index contributed by atoms with van der Waals surface area (Å²) >= 11 is 0. The van der Waals surface area contributed by atoms with Gasteiger partial charge in [0.25, 0.3) is 0 Å². The van der Waals surface area contributed by atoms with Crippen molar-refractivity contribution in [3.05, 3.63) is 54.4 Å². The summed E-state index contributed by atoms with van der Waals surface area (Å²) in [5, 5.41) is 3.88. The predicted octanol–water partition coefficient (Wildman–Crippen LogP) is 2.00. The maximum Gasteiger partial charge on any atom is 0.238 e. The molecule has 4 rings (SSSR count). The zero-order chi connectivity index (χ0) is 18.5. The fourth-order valence-corrected chi connectivity index (χ4v) is 3.14. The largest absolute Gasteiger partial charge is 0.461 e. The first kappa shape index (κ1) is 17.4. The molecular formula is C19H21N5O3. The summed E-state index contributed by atoms with van der Waals surface area (Å²) in [5.41, 5.74) is 1.20. The highest BCUT2D eigenvalue weighted by atomic mass is 16.5. The third-order valence-electron chi connectivity index (χ3n) is 4.62. The second kappa shape index (κ2) is 8.13. The maximum absolute atomic E-state index is 12.5. The quantitative estimate of drug-likeness (QED) is 0.658. The van der Waals surface area contributed by atoms with Crippen molar-refractivity contribution in [2.45, 2.75) is 19.4 Å². The standard InChI is InChI=1S/C19H21N5O3/c25-18(6-5-17-21-19(22-27-17)16-4-2-12-26-16)24-10-8-23(9-11-24)14-15-3-1-7-20-13-15/h1-4,7,12-13H,5-6,8-11,14H2. The Hall–Kier alpha value is -3.00. The smallest absolute Gasteiger partial charge is 0.238 e. The first-order valence-corrected chi connectivity index (χ1v) is 9.03. The number of amides is 1. The number of nitrogens with zero attached hydrogens (tertiary/aromatic N) is 5. The summed E-state index contributed by atoms with van der Waals surface area (Å²) < 4.78 is 10.4. The summed E-state index contributed by atoms with van der Waals surface area (Å²) in [6.45, 7) is 4.07. The van der Waals surface area contributed by atoms with Gasteiger partial charge in [-0.05, 0) is 23.8 Å². The van der Waals surface area contributed by atoms with Crippen LogP contribution in [0.1, 0.15) is 17.9 Å². The van der Waals surface area contributed by atoms with Gasteiger partial charge in [0.05, 0.1) is 6.26 Å². The molecule has 0 unspecified atom stereocenters. The molecule has 1 aliphatic rings. The SMILES string of the molecule is O=C(CCc1nc(-c2ccco2)no1)N1CCN(Cc2cccnc2)CC1. The van der Waals surface area contributed by atoms with Gasteiger partial charge in [-0.3, -0.25) is 14.7 Å². The van der Waals surface area contributed by atoms with E-state index >= 15 is 0 Å². The highest BCUT2D eigenvalue weighted by Crippen LogP contribution is 2.16. The number of aromatic nitrogens is 3. The number of carbonyl (C=O) groups excluding carboxylic acids is 1. The van der Waals surface area contributed by atoms with Crippen molar-refractivity contribution in [2.75, 3.05) is 26.2 Å². The van der Waals surface area contributed by atoms with Gasteiger partial charge in [-0.1, -0.05) is 11.2 Å². The van der Waals surface area contributed by atoms with Crippen molar-refractivity contribution in [1.29, 1.82) is 0 Å². The van der Waals surface area contributed by atoms with Crippen LogP contribution in [0, 0.1) is 0 Å². The number of furan rings is 1. The molecule has 0 saturated carbocycles. The molecule has 0 N–H and O–H groups in total. The van der Waals surface area contributed by atoms with Crippen molar-refractivity contribution in [3.8, 4) is 11.6 Å². The molecule has 1 fully saturated rings. The Morgan fingerprint density at radius 1 is 1.15 bits per heavy atom. The van der Waals surface area contributed by atoms with Crippen molar-refractivity contribution >= 4 is 5.91 Å². The van der Waals surface area contributed by atoms with E-state index in [4.69, 9.17) is 8.94 Å². The molecule has 1 amide bonds. The van der Waals surface area contributed by atoms with E-state index in [1.54, 1.807) is 24.6 Å². The third kappa shape index (κ3) is 4.40. The molecule has 1 aliphatic heterocycles. The van der Waals surface area contributed by atoms with E-state index in [0.29, 0.717) is 30.3 Å². The van der Waals surface area contributed by atoms with Gasteiger partial charge in [0.1, 0.15) is 0 Å². The summed E-state index contributed by atoms with van der Waals surface area (Å²) in [7, 11) is 0. The van der Waals surface area contributed by atoms with Gasteiger partial charge in [-0.25, -0.2) is 0 Å². The summed E-state index contributed by atoms with van der Waals surface area (Å²) in [6.07, 6.45) is 6.02. The lowest BCUT2D eigenvalue weighted by molar-refractivity contribution is -0.133. The first-order chi connectivity index (χ1) is 13.3. The molecule has 1 saturated heterocycles. The van der Waals surface area contributed by atoms with Crippen LogP contribution in [0.15, 0.2) is 51.9 Å². The highest BCUT2D eigenvalue weighted by Gasteiger charge is 2.22. The molecule has 0 aliphatic carbocycles.